The molecule has 1 fully saturated rings. The van der Waals surface area contributed by atoms with Crippen molar-refractivity contribution in [3.8, 4) is 0 Å². The Morgan fingerprint density at radius 1 is 1.69 bits per heavy atom. The van der Waals surface area contributed by atoms with E-state index in [4.69, 9.17) is 0 Å². The summed E-state index contributed by atoms with van der Waals surface area (Å²) >= 11 is 0. The highest BCUT2D eigenvalue weighted by atomic mass is 16.3. The molecule has 0 aromatic carbocycles. The molecular weight excluding hydrogens is 168 g/mol. The van der Waals surface area contributed by atoms with Crippen molar-refractivity contribution in [1.82, 2.24) is 10.2 Å². The third-order valence-corrected chi connectivity index (χ3v) is 2.22. The van der Waals surface area contributed by atoms with Gasteiger partial charge in [0, 0.05) is 13.1 Å². The van der Waals surface area contributed by atoms with Gasteiger partial charge in [0.05, 0.1) is 11.6 Å². The Morgan fingerprint density at radius 3 is 2.69 bits per heavy atom. The topological polar surface area (TPSA) is 52.6 Å². The van der Waals surface area contributed by atoms with Gasteiger partial charge < -0.3 is 15.3 Å². The average Bonchev–Trinajstić information content (AvgIpc) is 2.30. The molecular formula is C9H18N2O2. The molecule has 1 rings (SSSR count). The Morgan fingerprint density at radius 2 is 2.31 bits per heavy atom. The number of carbonyl (C=O) groups is 1. The van der Waals surface area contributed by atoms with Gasteiger partial charge in [0.1, 0.15) is 0 Å². The van der Waals surface area contributed by atoms with Gasteiger partial charge in [0.25, 0.3) is 0 Å². The summed E-state index contributed by atoms with van der Waals surface area (Å²) in [5, 5.41) is 12.5. The minimum absolute atomic E-state index is 0.0534. The maximum atomic E-state index is 11.6. The van der Waals surface area contributed by atoms with E-state index in [0.717, 1.165) is 13.0 Å². The van der Waals surface area contributed by atoms with E-state index >= 15 is 0 Å². The van der Waals surface area contributed by atoms with Crippen LogP contribution in [0.15, 0.2) is 0 Å². The quantitative estimate of drug-likeness (QED) is 0.629. The Hall–Kier alpha value is -0.610. The standard InChI is InChI=1S/C9H18N2O2/c1-9(2,13)6-11-5-4-7(10-3)8(11)12/h7,10,13H,4-6H2,1-3H3. The van der Waals surface area contributed by atoms with E-state index < -0.39 is 5.60 Å². The van der Waals surface area contributed by atoms with Crippen LogP contribution in [0.3, 0.4) is 0 Å². The van der Waals surface area contributed by atoms with E-state index in [1.54, 1.807) is 25.8 Å². The smallest absolute Gasteiger partial charge is 0.239 e. The number of likely N-dealkylation sites (N-methyl/N-ethyl adjacent to an activating group) is 1. The Balaban J connectivity index is 2.51. The normalized spacial score (nSPS) is 24.2. The van der Waals surface area contributed by atoms with Gasteiger partial charge in [0.2, 0.25) is 5.91 Å². The van der Waals surface area contributed by atoms with Gasteiger partial charge in [-0.1, -0.05) is 0 Å². The molecule has 0 aromatic rings. The summed E-state index contributed by atoms with van der Waals surface area (Å²) in [4.78, 5) is 13.3. The molecule has 1 aliphatic heterocycles. The number of hydrogen-bond donors (Lipinski definition) is 2. The summed E-state index contributed by atoms with van der Waals surface area (Å²) in [6.45, 7) is 4.60. The first-order valence-corrected chi connectivity index (χ1v) is 4.62. The van der Waals surface area contributed by atoms with Gasteiger partial charge in [-0.3, -0.25) is 4.79 Å². The number of nitrogens with one attached hydrogen (secondary N) is 1. The Kier molecular flexibility index (Phi) is 2.93. The minimum atomic E-state index is -0.793. The Bertz CT molecular complexity index is 198. The van der Waals surface area contributed by atoms with Gasteiger partial charge in [-0.15, -0.1) is 0 Å². The maximum Gasteiger partial charge on any atom is 0.239 e. The molecule has 0 saturated carbocycles. The second-order valence-corrected chi connectivity index (χ2v) is 4.20. The van der Waals surface area contributed by atoms with Crippen LogP contribution in [-0.4, -0.2) is 47.7 Å². The van der Waals surface area contributed by atoms with Crippen molar-refractivity contribution < 1.29 is 9.90 Å². The minimum Gasteiger partial charge on any atom is -0.389 e. The van der Waals surface area contributed by atoms with Crippen LogP contribution in [-0.2, 0) is 4.79 Å². The van der Waals surface area contributed by atoms with Gasteiger partial charge in [-0.05, 0) is 27.3 Å². The van der Waals surface area contributed by atoms with Crippen molar-refractivity contribution in [2.24, 2.45) is 0 Å². The number of hydrogen-bond acceptors (Lipinski definition) is 3. The monoisotopic (exact) mass is 186 g/mol. The molecule has 4 heteroatoms. The molecule has 0 radical (unpaired) electrons. The predicted octanol–water partition coefficient (Wildman–Crippen LogP) is -0.422. The van der Waals surface area contributed by atoms with Crippen LogP contribution in [0, 0.1) is 0 Å². The first kappa shape index (κ1) is 10.5. The van der Waals surface area contributed by atoms with Crippen LogP contribution < -0.4 is 5.32 Å². The van der Waals surface area contributed by atoms with Crippen molar-refractivity contribution in [3.63, 3.8) is 0 Å². The second-order valence-electron chi connectivity index (χ2n) is 4.20. The van der Waals surface area contributed by atoms with Gasteiger partial charge in [0.15, 0.2) is 0 Å². The van der Waals surface area contributed by atoms with Crippen LogP contribution in [0.4, 0.5) is 0 Å². The molecule has 1 atom stereocenters. The summed E-state index contributed by atoms with van der Waals surface area (Å²) in [6.07, 6.45) is 0.839. The van der Waals surface area contributed by atoms with E-state index in [1.165, 1.54) is 0 Å². The van der Waals surface area contributed by atoms with Crippen LogP contribution in [0.1, 0.15) is 20.3 Å². The molecule has 1 aliphatic rings. The molecule has 1 saturated heterocycles. The molecule has 1 unspecified atom stereocenters. The fourth-order valence-electron chi connectivity index (χ4n) is 1.63. The molecule has 2 N–H and O–H groups in total. The first-order chi connectivity index (χ1) is 5.94. The second kappa shape index (κ2) is 3.64. The molecule has 13 heavy (non-hydrogen) atoms. The highest BCUT2D eigenvalue weighted by Gasteiger charge is 2.32. The fourth-order valence-corrected chi connectivity index (χ4v) is 1.63. The van der Waals surface area contributed by atoms with Crippen LogP contribution >= 0.6 is 0 Å². The van der Waals surface area contributed by atoms with Crippen LogP contribution in [0.2, 0.25) is 0 Å². The highest BCUT2D eigenvalue weighted by molar-refractivity contribution is 5.83. The zero-order valence-corrected chi connectivity index (χ0v) is 8.50. The lowest BCUT2D eigenvalue weighted by atomic mass is 10.1. The third kappa shape index (κ3) is 2.67. The molecule has 1 amide bonds. The number of likely N-dealkylation sites (tertiary alicyclic amines) is 1. The number of rotatable bonds is 3. The van der Waals surface area contributed by atoms with Crippen molar-refractivity contribution in [1.29, 1.82) is 0 Å². The largest absolute Gasteiger partial charge is 0.389 e. The number of aliphatic hydroxyl groups is 1. The highest BCUT2D eigenvalue weighted by Crippen LogP contribution is 2.14. The van der Waals surface area contributed by atoms with Crippen LogP contribution in [0.25, 0.3) is 0 Å². The van der Waals surface area contributed by atoms with E-state index in [-0.39, 0.29) is 11.9 Å². The van der Waals surface area contributed by atoms with Crippen molar-refractivity contribution in [2.75, 3.05) is 20.1 Å². The molecule has 0 spiro atoms. The zero-order chi connectivity index (χ0) is 10.1. The average molecular weight is 186 g/mol. The predicted molar refractivity (Wildman–Crippen MR) is 50.3 cm³/mol. The van der Waals surface area contributed by atoms with Crippen molar-refractivity contribution in [3.05, 3.63) is 0 Å². The first-order valence-electron chi connectivity index (χ1n) is 4.62. The molecule has 4 nitrogen and oxygen atoms in total. The SMILES string of the molecule is CNC1CCN(CC(C)(C)O)C1=O. The molecule has 0 bridgehead atoms. The summed E-state index contributed by atoms with van der Waals surface area (Å²) in [5.74, 6) is 0.102. The maximum absolute atomic E-state index is 11.6. The van der Waals surface area contributed by atoms with Gasteiger partial charge in [-0.25, -0.2) is 0 Å². The van der Waals surface area contributed by atoms with E-state index in [0.29, 0.717) is 6.54 Å². The van der Waals surface area contributed by atoms with Crippen LogP contribution in [0.5, 0.6) is 0 Å². The molecule has 1 heterocycles. The molecule has 0 aliphatic carbocycles. The number of amides is 1. The molecule has 0 aromatic heterocycles. The van der Waals surface area contributed by atoms with E-state index in [1.807, 2.05) is 0 Å². The van der Waals surface area contributed by atoms with E-state index in [9.17, 15) is 9.90 Å². The van der Waals surface area contributed by atoms with Crippen molar-refractivity contribution in [2.45, 2.75) is 31.9 Å². The number of nitrogens with zero attached hydrogens (tertiary/aromatic N) is 1. The molecule has 76 valence electrons. The summed E-state index contributed by atoms with van der Waals surface area (Å²) < 4.78 is 0. The van der Waals surface area contributed by atoms with Crippen molar-refractivity contribution >= 4 is 5.91 Å². The summed E-state index contributed by atoms with van der Waals surface area (Å²) in [7, 11) is 1.79. The summed E-state index contributed by atoms with van der Waals surface area (Å²) in [6, 6.07) is -0.0534. The zero-order valence-electron chi connectivity index (χ0n) is 8.50. The summed E-state index contributed by atoms with van der Waals surface area (Å²) in [5.41, 5.74) is -0.793. The lowest BCUT2D eigenvalue weighted by molar-refractivity contribution is -0.131. The lowest BCUT2D eigenvalue weighted by Gasteiger charge is -2.25. The van der Waals surface area contributed by atoms with E-state index in [2.05, 4.69) is 5.32 Å². The lowest BCUT2D eigenvalue weighted by Crippen LogP contribution is -2.43. The van der Waals surface area contributed by atoms with Gasteiger partial charge in [-0.2, -0.15) is 0 Å². The Labute approximate surface area is 78.9 Å². The number of carbonyl (C=O) groups excluding carboxylic acids is 1. The number of β-amino-alcohol motifs (C(OH)–C–C–N with tert-alkyl or cyclic N) is 1. The van der Waals surface area contributed by atoms with Gasteiger partial charge >= 0.3 is 0 Å². The fraction of sp³-hybridized carbons (Fsp3) is 0.889. The third-order valence-electron chi connectivity index (χ3n) is 2.22.